The maximum atomic E-state index is 11.6. The summed E-state index contributed by atoms with van der Waals surface area (Å²) in [5.41, 5.74) is 3.01. The normalized spacial score (nSPS) is 10.4. The van der Waals surface area contributed by atoms with Crippen molar-refractivity contribution >= 4 is 41.4 Å². The smallest absolute Gasteiger partial charge is 0.307 e. The molecule has 0 fully saturated rings. The molecule has 253 valence electrons. The van der Waals surface area contributed by atoms with Crippen molar-refractivity contribution in [3.05, 3.63) is 94.5 Å². The van der Waals surface area contributed by atoms with Crippen LogP contribution in [0.5, 0.6) is 23.0 Å². The maximum absolute atomic E-state index is 11.6. The Bertz CT molecular complexity index is 1740. The molecule has 0 spiro atoms. The zero-order valence-corrected chi connectivity index (χ0v) is 29.0. The molecule has 10 nitrogen and oxygen atoms in total. The zero-order chi connectivity index (χ0) is 35.4. The predicted molar refractivity (Wildman–Crippen MR) is 183 cm³/mol. The lowest BCUT2D eigenvalue weighted by Crippen LogP contribution is -2.13. The van der Waals surface area contributed by atoms with E-state index in [0.29, 0.717) is 33.3 Å². The number of hydrogen-bond donors (Lipinski definition) is 3. The van der Waals surface area contributed by atoms with E-state index in [4.69, 9.17) is 24.1 Å². The molecule has 0 saturated carbocycles. The fraction of sp³-hybridized carbons (Fsp3) is 0.250. The number of methoxy groups -OCH3 is 4. The van der Waals surface area contributed by atoms with Gasteiger partial charge in [0, 0.05) is 15.4 Å². The maximum Gasteiger partial charge on any atom is 0.307 e. The van der Waals surface area contributed by atoms with Gasteiger partial charge in [0.1, 0.15) is 0 Å². The van der Waals surface area contributed by atoms with Gasteiger partial charge in [-0.3, -0.25) is 14.4 Å². The van der Waals surface area contributed by atoms with E-state index >= 15 is 0 Å². The summed E-state index contributed by atoms with van der Waals surface area (Å²) in [4.78, 5) is 37.2. The number of aliphatic carboxylic acids is 3. The van der Waals surface area contributed by atoms with E-state index in [9.17, 15) is 24.6 Å². The lowest BCUT2D eigenvalue weighted by Gasteiger charge is -2.23. The summed E-state index contributed by atoms with van der Waals surface area (Å²) in [7, 11) is 5.94. The van der Waals surface area contributed by atoms with Gasteiger partial charge in [-0.05, 0) is 72.5 Å². The minimum atomic E-state index is -1.10. The van der Waals surface area contributed by atoms with Gasteiger partial charge in [0.2, 0.25) is 0 Å². The summed E-state index contributed by atoms with van der Waals surface area (Å²) >= 11 is 2.97. The van der Waals surface area contributed by atoms with E-state index in [-0.39, 0.29) is 24.2 Å². The van der Waals surface area contributed by atoms with Crippen LogP contribution >= 0.6 is 23.5 Å². The van der Waals surface area contributed by atoms with Crippen LogP contribution in [0.15, 0.2) is 80.2 Å². The Morgan fingerprint density at radius 3 is 1.67 bits per heavy atom. The van der Waals surface area contributed by atoms with E-state index in [1.165, 1.54) is 33.1 Å². The highest BCUT2D eigenvalue weighted by Crippen LogP contribution is 2.51. The second kappa shape index (κ2) is 17.9. The van der Waals surface area contributed by atoms with Crippen LogP contribution in [-0.4, -0.2) is 61.7 Å². The van der Waals surface area contributed by atoms with Crippen molar-refractivity contribution < 1.29 is 48.7 Å². The Hall–Kier alpha value is -4.81. The number of hydrogen-bond acceptors (Lipinski definition) is 9. The highest BCUT2D eigenvalue weighted by Gasteiger charge is 2.28. The third-order valence-corrected chi connectivity index (χ3v) is 9.43. The van der Waals surface area contributed by atoms with Crippen molar-refractivity contribution in [2.75, 3.05) is 28.4 Å². The molecular formula is C36H37O10S2. The number of carbonyl (C=O) groups is 3. The van der Waals surface area contributed by atoms with Gasteiger partial charge in [-0.25, -0.2) is 0 Å². The zero-order valence-electron chi connectivity index (χ0n) is 27.4. The third kappa shape index (κ3) is 9.85. The standard InChI is InChI=1S/C22H26O8S.C14H11O2S/c1-11-7-8-15(27-3)19(29-5)21(11)31-22-12(2)13(9-16(23)24)14(10-17(25)26)18(28-4)20(22)30-6;15-14(16)10-11-6-8-13(9-7-11)17-12-4-2-1-3-5-12/h7-8H,9-10H2,1-6H3,(H,23,24)(H,25,26);2-9H,10H2,(H,15,16). The first-order valence-electron chi connectivity index (χ1n) is 14.5. The van der Waals surface area contributed by atoms with Crippen LogP contribution in [0.1, 0.15) is 27.8 Å². The van der Waals surface area contributed by atoms with E-state index in [1.807, 2.05) is 61.5 Å². The molecule has 3 N–H and O–H groups in total. The SMILES string of the molecule is COc1ccc(C)c(Sc2c(C)c(CC(=O)O)c(CC(=O)O)c(OC)c2OC)c1OC.O=C(O)Cc1ccc(Sc2cc[c]cc2)cc1. The van der Waals surface area contributed by atoms with E-state index in [2.05, 4.69) is 6.07 Å². The van der Waals surface area contributed by atoms with Gasteiger partial charge in [-0.1, -0.05) is 53.9 Å². The molecule has 0 aliphatic carbocycles. The fourth-order valence-electron chi connectivity index (χ4n) is 4.82. The Kier molecular flexibility index (Phi) is 14.1. The Balaban J connectivity index is 0.000000308. The molecule has 4 rings (SSSR count). The summed E-state index contributed by atoms with van der Waals surface area (Å²) in [6.07, 6.45) is -0.669. The molecule has 0 aliphatic rings. The number of rotatable bonds is 14. The molecular weight excluding hydrogens is 657 g/mol. The number of benzene rings is 4. The van der Waals surface area contributed by atoms with Crippen LogP contribution < -0.4 is 18.9 Å². The van der Waals surface area contributed by atoms with Crippen LogP contribution in [0, 0.1) is 19.9 Å². The Morgan fingerprint density at radius 2 is 1.15 bits per heavy atom. The molecule has 0 aliphatic heterocycles. The summed E-state index contributed by atoms with van der Waals surface area (Å²) in [6, 6.07) is 22.0. The average Bonchev–Trinajstić information content (AvgIpc) is 3.05. The lowest BCUT2D eigenvalue weighted by atomic mass is 9.95. The number of ether oxygens (including phenoxy) is 4. The van der Waals surface area contributed by atoms with Crippen LogP contribution in [0.4, 0.5) is 0 Å². The van der Waals surface area contributed by atoms with Crippen molar-refractivity contribution in [3.63, 3.8) is 0 Å². The first-order chi connectivity index (χ1) is 22.9. The van der Waals surface area contributed by atoms with Gasteiger partial charge in [-0.2, -0.15) is 0 Å². The van der Waals surface area contributed by atoms with Crippen molar-refractivity contribution in [1.82, 2.24) is 0 Å². The van der Waals surface area contributed by atoms with Crippen LogP contribution in [0.3, 0.4) is 0 Å². The van der Waals surface area contributed by atoms with Crippen molar-refractivity contribution in [2.45, 2.75) is 52.7 Å². The lowest BCUT2D eigenvalue weighted by molar-refractivity contribution is -0.137. The summed E-state index contributed by atoms with van der Waals surface area (Å²) in [5, 5.41) is 27.5. The highest BCUT2D eigenvalue weighted by molar-refractivity contribution is 7.99. The first-order valence-corrected chi connectivity index (χ1v) is 16.1. The van der Waals surface area contributed by atoms with Gasteiger partial charge < -0.3 is 34.3 Å². The molecule has 0 saturated heterocycles. The first kappa shape index (κ1) is 37.6. The Morgan fingerprint density at radius 1 is 0.604 bits per heavy atom. The fourth-order valence-corrected chi connectivity index (χ4v) is 6.89. The van der Waals surface area contributed by atoms with Gasteiger partial charge >= 0.3 is 17.9 Å². The molecule has 0 aromatic heterocycles. The molecule has 0 atom stereocenters. The van der Waals surface area contributed by atoms with Crippen LogP contribution in [0.2, 0.25) is 0 Å². The van der Waals surface area contributed by atoms with Crippen molar-refractivity contribution in [2.24, 2.45) is 0 Å². The summed E-state index contributed by atoms with van der Waals surface area (Å²) in [5.74, 6) is -1.36. The van der Waals surface area contributed by atoms with Crippen LogP contribution in [-0.2, 0) is 33.6 Å². The van der Waals surface area contributed by atoms with E-state index < -0.39 is 24.3 Å². The summed E-state index contributed by atoms with van der Waals surface area (Å²) < 4.78 is 22.1. The summed E-state index contributed by atoms with van der Waals surface area (Å²) in [6.45, 7) is 3.66. The molecule has 48 heavy (non-hydrogen) atoms. The molecule has 4 aromatic rings. The molecule has 12 heteroatoms. The topological polar surface area (TPSA) is 149 Å². The Labute approximate surface area is 288 Å². The second-order valence-electron chi connectivity index (χ2n) is 10.2. The van der Waals surface area contributed by atoms with Gasteiger partial charge in [0.15, 0.2) is 23.0 Å². The molecule has 4 aromatic carbocycles. The quantitative estimate of drug-likeness (QED) is 0.125. The predicted octanol–water partition coefficient (Wildman–Crippen LogP) is 7.01. The molecule has 0 bridgehead atoms. The monoisotopic (exact) mass is 693 g/mol. The van der Waals surface area contributed by atoms with Gasteiger partial charge in [0.25, 0.3) is 0 Å². The van der Waals surface area contributed by atoms with E-state index in [0.717, 1.165) is 25.8 Å². The average molecular weight is 694 g/mol. The number of aryl methyl sites for hydroxylation is 1. The van der Waals surface area contributed by atoms with E-state index in [1.54, 1.807) is 31.9 Å². The van der Waals surface area contributed by atoms with Crippen molar-refractivity contribution in [1.29, 1.82) is 0 Å². The molecule has 1 radical (unpaired) electrons. The number of carboxylic acid groups (broad SMARTS) is 3. The van der Waals surface area contributed by atoms with Crippen LogP contribution in [0.25, 0.3) is 0 Å². The molecule has 0 amide bonds. The minimum absolute atomic E-state index is 0.0746. The minimum Gasteiger partial charge on any atom is -0.493 e. The molecule has 0 unspecified atom stereocenters. The largest absolute Gasteiger partial charge is 0.493 e. The molecule has 0 heterocycles. The highest BCUT2D eigenvalue weighted by atomic mass is 32.2. The number of carboxylic acids is 3. The van der Waals surface area contributed by atoms with Gasteiger partial charge in [0.05, 0.1) is 57.5 Å². The third-order valence-electron chi connectivity index (χ3n) is 7.01. The van der Waals surface area contributed by atoms with Gasteiger partial charge in [-0.15, -0.1) is 0 Å². The van der Waals surface area contributed by atoms with Crippen molar-refractivity contribution in [3.8, 4) is 23.0 Å². The second-order valence-corrected chi connectivity index (χ2v) is 12.4.